The Labute approximate surface area is 148 Å². The van der Waals surface area contributed by atoms with Gasteiger partial charge in [0.2, 0.25) is 5.43 Å². The summed E-state index contributed by atoms with van der Waals surface area (Å²) >= 11 is 0. The van der Waals surface area contributed by atoms with Crippen LogP contribution in [0.15, 0.2) is 17.1 Å². The summed E-state index contributed by atoms with van der Waals surface area (Å²) in [7, 11) is 0. The molecule has 0 spiro atoms. The number of fused-ring (bicyclic) bond motifs is 1. The standard InChI is InChI=1S/C18H21F2N3O3/c1-18(2,3)23-8-11(17(25)26)16(24)10-6-12(19)15(13(20)14(10)23)22-5-4-9(21)7-22/h6,8-9H,4-5,7,21H2,1-3H3,(H,25,26). The number of pyridine rings is 1. The highest BCUT2D eigenvalue weighted by Gasteiger charge is 2.30. The molecular formula is C18H21F2N3O3. The predicted octanol–water partition coefficient (Wildman–Crippen LogP) is 2.27. The van der Waals surface area contributed by atoms with E-state index in [0.29, 0.717) is 19.5 Å². The Kier molecular flexibility index (Phi) is 4.26. The lowest BCUT2D eigenvalue weighted by molar-refractivity contribution is 0.0694. The van der Waals surface area contributed by atoms with Gasteiger partial charge in [-0.05, 0) is 33.3 Å². The summed E-state index contributed by atoms with van der Waals surface area (Å²) < 4.78 is 31.4. The van der Waals surface area contributed by atoms with Crippen molar-refractivity contribution in [3.05, 3.63) is 39.7 Å². The quantitative estimate of drug-likeness (QED) is 0.852. The molecule has 1 atom stereocenters. The first-order valence-electron chi connectivity index (χ1n) is 8.34. The lowest BCUT2D eigenvalue weighted by Crippen LogP contribution is -2.30. The molecule has 8 heteroatoms. The van der Waals surface area contributed by atoms with Crippen LogP contribution in [-0.2, 0) is 5.54 Å². The molecule has 1 aromatic heterocycles. The Hall–Kier alpha value is -2.48. The fourth-order valence-corrected chi connectivity index (χ4v) is 3.37. The Morgan fingerprint density at radius 2 is 2.00 bits per heavy atom. The molecule has 6 nitrogen and oxygen atoms in total. The van der Waals surface area contributed by atoms with Gasteiger partial charge in [-0.2, -0.15) is 0 Å². The van der Waals surface area contributed by atoms with Crippen molar-refractivity contribution >= 4 is 22.6 Å². The van der Waals surface area contributed by atoms with E-state index in [4.69, 9.17) is 5.73 Å². The van der Waals surface area contributed by atoms with Gasteiger partial charge in [0.15, 0.2) is 5.82 Å². The molecule has 3 rings (SSSR count). The minimum atomic E-state index is -1.44. The number of halogens is 2. The number of carboxylic acid groups (broad SMARTS) is 1. The maximum atomic E-state index is 15.4. The number of hydrogen-bond acceptors (Lipinski definition) is 4. The van der Waals surface area contributed by atoms with Gasteiger partial charge in [0.05, 0.1) is 10.9 Å². The van der Waals surface area contributed by atoms with Gasteiger partial charge < -0.3 is 20.3 Å². The van der Waals surface area contributed by atoms with E-state index in [2.05, 4.69) is 0 Å². The summed E-state index contributed by atoms with van der Waals surface area (Å²) in [4.78, 5) is 25.4. The molecule has 140 valence electrons. The van der Waals surface area contributed by atoms with Gasteiger partial charge >= 0.3 is 5.97 Å². The molecule has 2 heterocycles. The van der Waals surface area contributed by atoms with Gasteiger partial charge in [0.1, 0.15) is 17.1 Å². The molecule has 3 N–H and O–H groups in total. The summed E-state index contributed by atoms with van der Waals surface area (Å²) in [5, 5.41) is 9.00. The van der Waals surface area contributed by atoms with Gasteiger partial charge in [0, 0.05) is 30.9 Å². The van der Waals surface area contributed by atoms with E-state index < -0.39 is 34.1 Å². The van der Waals surface area contributed by atoms with Gasteiger partial charge in [-0.1, -0.05) is 0 Å². The number of rotatable bonds is 2. The van der Waals surface area contributed by atoms with E-state index >= 15 is 4.39 Å². The van der Waals surface area contributed by atoms with Crippen LogP contribution in [0, 0.1) is 11.6 Å². The Balaban J connectivity index is 2.42. The van der Waals surface area contributed by atoms with Gasteiger partial charge in [-0.15, -0.1) is 0 Å². The molecule has 0 amide bonds. The van der Waals surface area contributed by atoms with Crippen molar-refractivity contribution in [1.29, 1.82) is 0 Å². The van der Waals surface area contributed by atoms with Crippen molar-refractivity contribution in [2.75, 3.05) is 18.0 Å². The number of carbonyl (C=O) groups is 1. The van der Waals surface area contributed by atoms with Crippen LogP contribution >= 0.6 is 0 Å². The molecule has 0 aliphatic carbocycles. The number of aromatic carboxylic acids is 1. The number of carboxylic acids is 1. The Bertz CT molecular complexity index is 963. The number of benzene rings is 1. The number of hydrogen-bond donors (Lipinski definition) is 2. The van der Waals surface area contributed by atoms with Crippen molar-refractivity contribution in [3.8, 4) is 0 Å². The third-order valence-electron chi connectivity index (χ3n) is 4.65. The van der Waals surface area contributed by atoms with E-state index in [1.807, 2.05) is 0 Å². The second kappa shape index (κ2) is 6.05. The normalized spacial score (nSPS) is 17.9. The van der Waals surface area contributed by atoms with Crippen molar-refractivity contribution in [2.45, 2.75) is 38.8 Å². The topological polar surface area (TPSA) is 88.6 Å². The molecule has 1 aromatic carbocycles. The maximum absolute atomic E-state index is 15.4. The smallest absolute Gasteiger partial charge is 0.341 e. The summed E-state index contributed by atoms with van der Waals surface area (Å²) in [5.41, 5.74) is 3.35. The van der Waals surface area contributed by atoms with Crippen LogP contribution in [0.4, 0.5) is 14.5 Å². The molecule has 26 heavy (non-hydrogen) atoms. The minimum absolute atomic E-state index is 0.107. The molecule has 0 radical (unpaired) electrons. The first kappa shape index (κ1) is 18.3. The number of nitrogens with zero attached hydrogens (tertiary/aromatic N) is 2. The Morgan fingerprint density at radius 3 is 2.50 bits per heavy atom. The molecule has 1 saturated heterocycles. The van der Waals surface area contributed by atoms with Gasteiger partial charge in [-0.3, -0.25) is 4.79 Å². The van der Waals surface area contributed by atoms with E-state index in [1.54, 1.807) is 20.8 Å². The number of nitrogens with two attached hydrogens (primary N) is 1. The van der Waals surface area contributed by atoms with E-state index in [0.717, 1.165) is 12.3 Å². The molecule has 2 aromatic rings. The van der Waals surface area contributed by atoms with Crippen molar-refractivity contribution in [1.82, 2.24) is 4.57 Å². The SMILES string of the molecule is CC(C)(C)n1cc(C(=O)O)c(=O)c2cc(F)c(N3CCC(N)C3)c(F)c21. The minimum Gasteiger partial charge on any atom is -0.477 e. The zero-order valence-electron chi connectivity index (χ0n) is 14.8. The lowest BCUT2D eigenvalue weighted by atomic mass is 10.0. The zero-order valence-corrected chi connectivity index (χ0v) is 14.8. The largest absolute Gasteiger partial charge is 0.477 e. The fourth-order valence-electron chi connectivity index (χ4n) is 3.37. The molecule has 0 saturated carbocycles. The molecule has 1 unspecified atom stereocenters. The van der Waals surface area contributed by atoms with Gasteiger partial charge in [-0.25, -0.2) is 13.6 Å². The van der Waals surface area contributed by atoms with Crippen LogP contribution < -0.4 is 16.1 Å². The van der Waals surface area contributed by atoms with Crippen LogP contribution in [0.25, 0.3) is 10.9 Å². The second-order valence-electron chi connectivity index (χ2n) is 7.63. The molecule has 1 aliphatic heterocycles. The molecule has 0 bridgehead atoms. The third-order valence-corrected chi connectivity index (χ3v) is 4.65. The highest BCUT2D eigenvalue weighted by molar-refractivity contribution is 5.94. The number of anilines is 1. The zero-order chi connectivity index (χ0) is 19.4. The Morgan fingerprint density at radius 1 is 1.35 bits per heavy atom. The lowest BCUT2D eigenvalue weighted by Gasteiger charge is -2.28. The van der Waals surface area contributed by atoms with Crippen molar-refractivity contribution < 1.29 is 18.7 Å². The summed E-state index contributed by atoms with van der Waals surface area (Å²) in [6.45, 7) is 5.96. The molecule has 1 aliphatic rings. The first-order valence-corrected chi connectivity index (χ1v) is 8.34. The van der Waals surface area contributed by atoms with Crippen molar-refractivity contribution in [2.24, 2.45) is 5.73 Å². The summed E-state index contributed by atoms with van der Waals surface area (Å²) in [6.07, 6.45) is 1.73. The van der Waals surface area contributed by atoms with Crippen LogP contribution in [0.3, 0.4) is 0 Å². The first-order chi connectivity index (χ1) is 12.0. The van der Waals surface area contributed by atoms with Crippen LogP contribution in [-0.4, -0.2) is 34.8 Å². The van der Waals surface area contributed by atoms with Crippen LogP contribution in [0.2, 0.25) is 0 Å². The summed E-state index contributed by atoms with van der Waals surface area (Å²) in [6, 6.07) is 0.748. The van der Waals surface area contributed by atoms with E-state index in [9.17, 15) is 19.1 Å². The molecular weight excluding hydrogens is 344 g/mol. The average Bonchev–Trinajstić information content (AvgIpc) is 2.93. The van der Waals surface area contributed by atoms with E-state index in [-0.39, 0.29) is 22.6 Å². The highest BCUT2D eigenvalue weighted by Crippen LogP contribution is 2.33. The van der Waals surface area contributed by atoms with Crippen molar-refractivity contribution in [3.63, 3.8) is 0 Å². The second-order valence-corrected chi connectivity index (χ2v) is 7.63. The van der Waals surface area contributed by atoms with Crippen LogP contribution in [0.1, 0.15) is 37.6 Å². The maximum Gasteiger partial charge on any atom is 0.341 e. The molecule has 1 fully saturated rings. The van der Waals surface area contributed by atoms with Crippen LogP contribution in [0.5, 0.6) is 0 Å². The highest BCUT2D eigenvalue weighted by atomic mass is 19.1. The summed E-state index contributed by atoms with van der Waals surface area (Å²) in [5.74, 6) is -3.22. The predicted molar refractivity (Wildman–Crippen MR) is 94.9 cm³/mol. The van der Waals surface area contributed by atoms with Gasteiger partial charge in [0.25, 0.3) is 0 Å². The van der Waals surface area contributed by atoms with E-state index in [1.165, 1.54) is 9.47 Å². The number of aromatic nitrogens is 1. The fraction of sp³-hybridized carbons (Fsp3) is 0.444. The third kappa shape index (κ3) is 2.84. The monoisotopic (exact) mass is 365 g/mol. The average molecular weight is 365 g/mol.